The Morgan fingerprint density at radius 2 is 1.85 bits per heavy atom. The molecule has 0 saturated carbocycles. The lowest BCUT2D eigenvalue weighted by Gasteiger charge is -2.20. The Bertz CT molecular complexity index is 1170. The van der Waals surface area contributed by atoms with Gasteiger partial charge in [0.25, 0.3) is 0 Å². The van der Waals surface area contributed by atoms with Crippen LogP contribution < -0.4 is 4.74 Å². The number of aryl methyl sites for hydroxylation is 2. The number of benzene rings is 2. The van der Waals surface area contributed by atoms with Crippen molar-refractivity contribution in [3.63, 3.8) is 0 Å². The summed E-state index contributed by atoms with van der Waals surface area (Å²) in [6.07, 6.45) is 5.62. The lowest BCUT2D eigenvalue weighted by molar-refractivity contribution is 0.185. The average molecular weight is 449 g/mol. The van der Waals surface area contributed by atoms with Gasteiger partial charge in [-0.05, 0) is 86.5 Å². The highest BCUT2D eigenvalue weighted by molar-refractivity contribution is 5.70. The van der Waals surface area contributed by atoms with E-state index >= 15 is 0 Å². The zero-order valence-corrected chi connectivity index (χ0v) is 19.6. The predicted molar refractivity (Wildman–Crippen MR) is 127 cm³/mol. The Morgan fingerprint density at radius 3 is 2.61 bits per heavy atom. The number of ether oxygens (including phenoxy) is 1. The molecule has 0 unspecified atom stereocenters. The maximum absolute atomic E-state index is 10.7. The van der Waals surface area contributed by atoms with Crippen LogP contribution in [0.2, 0.25) is 0 Å². The summed E-state index contributed by atoms with van der Waals surface area (Å²) in [5, 5.41) is 29.9. The van der Waals surface area contributed by atoms with E-state index in [4.69, 9.17) is 4.74 Å². The fourth-order valence-corrected chi connectivity index (χ4v) is 5.06. The van der Waals surface area contributed by atoms with E-state index in [0.717, 1.165) is 37.1 Å². The van der Waals surface area contributed by atoms with Crippen molar-refractivity contribution in [3.05, 3.63) is 47.0 Å². The van der Waals surface area contributed by atoms with Gasteiger partial charge in [-0.3, -0.25) is 0 Å². The van der Waals surface area contributed by atoms with Crippen molar-refractivity contribution in [2.45, 2.75) is 57.9 Å². The van der Waals surface area contributed by atoms with Crippen molar-refractivity contribution in [3.8, 4) is 34.6 Å². The van der Waals surface area contributed by atoms with Gasteiger partial charge in [0.05, 0.1) is 11.3 Å². The van der Waals surface area contributed by atoms with Crippen LogP contribution >= 0.6 is 0 Å². The summed E-state index contributed by atoms with van der Waals surface area (Å²) in [5.41, 5.74) is 4.92. The van der Waals surface area contributed by atoms with E-state index in [2.05, 4.69) is 40.3 Å². The van der Waals surface area contributed by atoms with Gasteiger partial charge in [-0.1, -0.05) is 25.0 Å². The summed E-state index contributed by atoms with van der Waals surface area (Å²) in [6.45, 7) is 5.63. The summed E-state index contributed by atoms with van der Waals surface area (Å²) in [4.78, 5) is 2.32. The van der Waals surface area contributed by atoms with Gasteiger partial charge in [0.2, 0.25) is 0 Å². The Labute approximate surface area is 194 Å². The molecule has 1 saturated heterocycles. The van der Waals surface area contributed by atoms with E-state index in [-0.39, 0.29) is 17.4 Å². The Morgan fingerprint density at radius 1 is 1.03 bits per heavy atom. The summed E-state index contributed by atoms with van der Waals surface area (Å²) in [6, 6.07) is 10.4. The third-order valence-electron chi connectivity index (χ3n) is 7.06. The predicted octanol–water partition coefficient (Wildman–Crippen LogP) is 4.43. The molecule has 1 atom stereocenters. The second kappa shape index (κ2) is 8.71. The lowest BCUT2D eigenvalue weighted by Crippen LogP contribution is -2.31. The second-order valence-electron chi connectivity index (χ2n) is 9.62. The zero-order valence-electron chi connectivity index (χ0n) is 19.6. The number of hydrogen-bond donors (Lipinski definition) is 2. The van der Waals surface area contributed by atoms with Crippen molar-refractivity contribution in [2.24, 2.45) is 0 Å². The molecule has 2 heterocycles. The number of rotatable bonds is 6. The fraction of sp³-hybridized carbons (Fsp3) is 0.462. The van der Waals surface area contributed by atoms with Crippen LogP contribution in [-0.2, 0) is 12.8 Å². The van der Waals surface area contributed by atoms with Crippen LogP contribution in [0.15, 0.2) is 30.3 Å². The highest BCUT2D eigenvalue weighted by Gasteiger charge is 2.26. The molecular formula is C26H32N4O3. The first-order chi connectivity index (χ1) is 15.9. The highest BCUT2D eigenvalue weighted by Crippen LogP contribution is 2.39. The molecule has 1 aromatic heterocycles. The maximum atomic E-state index is 10.7. The number of phenolic OH excluding ortho intramolecular Hbond substituents is 2. The molecule has 2 N–H and O–H groups in total. The summed E-state index contributed by atoms with van der Waals surface area (Å²) in [5.74, 6) is 0.640. The molecular weight excluding hydrogens is 416 g/mol. The van der Waals surface area contributed by atoms with Crippen LogP contribution in [0.4, 0.5) is 0 Å². The van der Waals surface area contributed by atoms with Crippen LogP contribution in [0.1, 0.15) is 55.7 Å². The van der Waals surface area contributed by atoms with Crippen molar-refractivity contribution in [2.75, 3.05) is 20.2 Å². The molecule has 1 fully saturated rings. The lowest BCUT2D eigenvalue weighted by atomic mass is 9.98. The number of aromatic nitrogens is 3. The molecule has 0 bridgehead atoms. The fourth-order valence-electron chi connectivity index (χ4n) is 5.06. The minimum atomic E-state index is -0.0335. The number of hydrogen-bond acceptors (Lipinski definition) is 6. The minimum absolute atomic E-state index is 0.0335. The van der Waals surface area contributed by atoms with E-state index in [0.29, 0.717) is 30.0 Å². The SMILES string of the molecule is CC(C)c1cc(-c2nnc(OC[C@@H]3CCCN3C)n2-c2ccc3c(c2)CCC3)c(O)cc1O. The average Bonchev–Trinajstić information content (AvgIpc) is 3.51. The molecule has 2 aromatic carbocycles. The summed E-state index contributed by atoms with van der Waals surface area (Å²) < 4.78 is 8.12. The molecule has 2 aliphatic rings. The topological polar surface area (TPSA) is 83.6 Å². The summed E-state index contributed by atoms with van der Waals surface area (Å²) in [7, 11) is 2.12. The van der Waals surface area contributed by atoms with E-state index in [1.54, 1.807) is 6.07 Å². The van der Waals surface area contributed by atoms with Crippen molar-refractivity contribution < 1.29 is 14.9 Å². The maximum Gasteiger partial charge on any atom is 0.322 e. The number of likely N-dealkylation sites (tertiary alicyclic amines) is 1. The smallest absolute Gasteiger partial charge is 0.322 e. The Balaban J connectivity index is 1.60. The van der Waals surface area contributed by atoms with E-state index < -0.39 is 0 Å². The largest absolute Gasteiger partial charge is 0.508 e. The monoisotopic (exact) mass is 448 g/mol. The van der Waals surface area contributed by atoms with Crippen molar-refractivity contribution >= 4 is 0 Å². The van der Waals surface area contributed by atoms with Crippen LogP contribution in [0, 0.1) is 0 Å². The third-order valence-corrected chi connectivity index (χ3v) is 7.06. The number of nitrogens with zero attached hydrogens (tertiary/aromatic N) is 4. The number of aromatic hydroxyl groups is 2. The first-order valence-electron chi connectivity index (χ1n) is 11.9. The molecule has 7 heteroatoms. The van der Waals surface area contributed by atoms with Crippen molar-refractivity contribution in [1.29, 1.82) is 0 Å². The van der Waals surface area contributed by atoms with E-state index in [1.807, 2.05) is 18.4 Å². The standard InChI is InChI=1S/C26H32N4O3/c1-16(2)21-13-22(24(32)14-23(21)31)25-27-28-26(33-15-20-8-5-11-29(20)3)30(25)19-10-9-17-6-4-7-18(17)12-19/h9-10,12-14,16,20,31-32H,4-8,11,15H2,1-3H3/t20-/m0/s1. The van der Waals surface area contributed by atoms with Gasteiger partial charge in [-0.15, -0.1) is 5.10 Å². The molecule has 1 aliphatic heterocycles. The first kappa shape index (κ1) is 21.8. The van der Waals surface area contributed by atoms with Gasteiger partial charge < -0.3 is 19.8 Å². The van der Waals surface area contributed by atoms with E-state index in [1.165, 1.54) is 30.0 Å². The normalized spacial score (nSPS) is 18.2. The second-order valence-corrected chi connectivity index (χ2v) is 9.62. The number of phenols is 2. The number of fused-ring (bicyclic) bond motifs is 1. The molecule has 3 aromatic rings. The van der Waals surface area contributed by atoms with Crippen LogP contribution in [0.25, 0.3) is 17.1 Å². The highest BCUT2D eigenvalue weighted by atomic mass is 16.5. The Hall–Kier alpha value is -3.06. The van der Waals surface area contributed by atoms with Gasteiger partial charge in [0.15, 0.2) is 5.82 Å². The molecule has 5 rings (SSSR count). The molecule has 7 nitrogen and oxygen atoms in total. The molecule has 0 spiro atoms. The van der Waals surface area contributed by atoms with E-state index in [9.17, 15) is 10.2 Å². The first-order valence-corrected chi connectivity index (χ1v) is 11.9. The van der Waals surface area contributed by atoms with Crippen LogP contribution in [0.5, 0.6) is 17.5 Å². The molecule has 174 valence electrons. The molecule has 0 amide bonds. The van der Waals surface area contributed by atoms with Gasteiger partial charge in [-0.2, -0.15) is 0 Å². The van der Waals surface area contributed by atoms with Crippen molar-refractivity contribution in [1.82, 2.24) is 19.7 Å². The third kappa shape index (κ3) is 4.06. The van der Waals surface area contributed by atoms with Gasteiger partial charge in [-0.25, -0.2) is 4.57 Å². The minimum Gasteiger partial charge on any atom is -0.508 e. The molecule has 33 heavy (non-hydrogen) atoms. The van der Waals surface area contributed by atoms with Gasteiger partial charge >= 0.3 is 6.01 Å². The molecule has 1 aliphatic carbocycles. The van der Waals surface area contributed by atoms with Crippen LogP contribution in [0.3, 0.4) is 0 Å². The Kier molecular flexibility index (Phi) is 5.74. The van der Waals surface area contributed by atoms with Gasteiger partial charge in [0.1, 0.15) is 18.1 Å². The number of likely N-dealkylation sites (N-methyl/N-ethyl adjacent to an activating group) is 1. The van der Waals surface area contributed by atoms with Gasteiger partial charge in [0, 0.05) is 12.1 Å². The summed E-state index contributed by atoms with van der Waals surface area (Å²) >= 11 is 0. The zero-order chi connectivity index (χ0) is 23.1. The molecule has 0 radical (unpaired) electrons. The van der Waals surface area contributed by atoms with Crippen LogP contribution in [-0.4, -0.2) is 56.1 Å². The quantitative estimate of drug-likeness (QED) is 0.580.